The van der Waals surface area contributed by atoms with E-state index < -0.39 is 0 Å². The molecule has 0 aliphatic carbocycles. The summed E-state index contributed by atoms with van der Waals surface area (Å²) in [5.74, 6) is 0. The molecule has 0 aliphatic rings. The molecule has 53 valence electrons. The first-order valence-corrected chi connectivity index (χ1v) is 3.33. The molecule has 0 fully saturated rings. The molecule has 0 saturated carbocycles. The van der Waals surface area contributed by atoms with Gasteiger partial charge in [-0.1, -0.05) is 20.8 Å². The zero-order chi connectivity index (χ0) is 7.11. The second-order valence-electron chi connectivity index (χ2n) is 1.55. The van der Waals surface area contributed by atoms with Gasteiger partial charge in [-0.05, 0) is 0 Å². The molecule has 0 saturated heterocycles. The van der Waals surface area contributed by atoms with Crippen molar-refractivity contribution in [1.29, 1.82) is 0 Å². The first-order chi connectivity index (χ1) is 4.39. The minimum absolute atomic E-state index is 0. The van der Waals surface area contributed by atoms with E-state index in [0.29, 0.717) is 0 Å². The van der Waals surface area contributed by atoms with Gasteiger partial charge in [0.25, 0.3) is 0 Å². The molecule has 0 spiro atoms. The van der Waals surface area contributed by atoms with Crippen LogP contribution in [-0.4, -0.2) is 0 Å². The summed E-state index contributed by atoms with van der Waals surface area (Å²) in [5.41, 5.74) is 1.20. The van der Waals surface area contributed by atoms with Crippen LogP contribution in [0.15, 0.2) is 24.3 Å². The molecule has 1 aromatic rings. The fourth-order valence-electron chi connectivity index (χ4n) is 0.483. The zero-order valence-electron chi connectivity index (χ0n) is 6.89. The van der Waals surface area contributed by atoms with E-state index in [2.05, 4.69) is 6.07 Å². The average molecular weight is 210 g/mol. The van der Waals surface area contributed by atoms with E-state index in [9.17, 15) is 0 Å². The molecule has 1 rings (SSSR count). The maximum Gasteiger partial charge on any atom is 0 e. The Labute approximate surface area is 88.9 Å². The summed E-state index contributed by atoms with van der Waals surface area (Å²) in [6.45, 7) is 6.03. The smallest absolute Gasteiger partial charge is 0 e. The molecule has 10 heavy (non-hydrogen) atoms. The van der Waals surface area contributed by atoms with Crippen LogP contribution >= 0.6 is 0 Å². The molecule has 0 amide bonds. The van der Waals surface area contributed by atoms with Crippen molar-refractivity contribution in [2.45, 2.75) is 20.8 Å². The molecule has 0 unspecified atom stereocenters. The van der Waals surface area contributed by atoms with E-state index in [1.54, 1.807) is 0 Å². The SMILES string of the molecule is CC.Cc1[c-]cccc1.[Y]. The number of aryl methyl sites for hydroxylation is 1. The Morgan fingerprint density at radius 2 is 1.80 bits per heavy atom. The van der Waals surface area contributed by atoms with Gasteiger partial charge in [-0.2, -0.15) is 35.9 Å². The van der Waals surface area contributed by atoms with Crippen molar-refractivity contribution in [3.8, 4) is 0 Å². The molecular formula is C9H13Y-. The van der Waals surface area contributed by atoms with Crippen LogP contribution in [-0.2, 0) is 32.7 Å². The van der Waals surface area contributed by atoms with Crippen LogP contribution < -0.4 is 0 Å². The number of benzene rings is 1. The van der Waals surface area contributed by atoms with E-state index in [1.165, 1.54) is 5.56 Å². The van der Waals surface area contributed by atoms with Gasteiger partial charge in [-0.3, -0.25) is 0 Å². The Balaban J connectivity index is 0. The van der Waals surface area contributed by atoms with Gasteiger partial charge in [-0.15, -0.1) is 0 Å². The van der Waals surface area contributed by atoms with Crippen LogP contribution in [0, 0.1) is 13.0 Å². The van der Waals surface area contributed by atoms with E-state index >= 15 is 0 Å². The molecule has 0 N–H and O–H groups in total. The molecular weight excluding hydrogens is 197 g/mol. The monoisotopic (exact) mass is 210 g/mol. The summed E-state index contributed by atoms with van der Waals surface area (Å²) < 4.78 is 0. The maximum atomic E-state index is 3.03. The van der Waals surface area contributed by atoms with E-state index in [4.69, 9.17) is 0 Å². The van der Waals surface area contributed by atoms with Crippen LogP contribution in [0.25, 0.3) is 0 Å². The third-order valence-corrected chi connectivity index (χ3v) is 0.865. The van der Waals surface area contributed by atoms with Crippen molar-refractivity contribution in [2.24, 2.45) is 0 Å². The quantitative estimate of drug-likeness (QED) is 0.577. The topological polar surface area (TPSA) is 0 Å². The van der Waals surface area contributed by atoms with Gasteiger partial charge in [0.05, 0.1) is 0 Å². The Kier molecular flexibility index (Phi) is 12.1. The third-order valence-electron chi connectivity index (χ3n) is 0.865. The van der Waals surface area contributed by atoms with Gasteiger partial charge in [0.2, 0.25) is 0 Å². The normalized spacial score (nSPS) is 6.70. The van der Waals surface area contributed by atoms with Crippen molar-refractivity contribution in [3.05, 3.63) is 35.9 Å². The first-order valence-electron chi connectivity index (χ1n) is 3.33. The van der Waals surface area contributed by atoms with Crippen LogP contribution in [0.3, 0.4) is 0 Å². The maximum absolute atomic E-state index is 3.03. The Bertz CT molecular complexity index is 135. The average Bonchev–Trinajstić information content (AvgIpc) is 1.94. The van der Waals surface area contributed by atoms with Crippen LogP contribution in [0.4, 0.5) is 0 Å². The molecule has 0 atom stereocenters. The molecule has 0 nitrogen and oxygen atoms in total. The summed E-state index contributed by atoms with van der Waals surface area (Å²) in [6.07, 6.45) is 0. The van der Waals surface area contributed by atoms with Gasteiger partial charge in [-0.25, -0.2) is 0 Å². The predicted octanol–water partition coefficient (Wildman–Crippen LogP) is 2.82. The van der Waals surface area contributed by atoms with E-state index in [0.717, 1.165) is 0 Å². The van der Waals surface area contributed by atoms with Gasteiger partial charge in [0.1, 0.15) is 0 Å². The van der Waals surface area contributed by atoms with Crippen molar-refractivity contribution >= 4 is 0 Å². The number of rotatable bonds is 0. The largest absolute Gasteiger partial charge is 0.181 e. The second-order valence-corrected chi connectivity index (χ2v) is 1.55. The standard InChI is InChI=1S/C7H7.C2H6.Y/c1-7-5-3-2-4-6-7;1-2;/h2-5H,1H3;1-2H3;/q-1;;. The fraction of sp³-hybridized carbons (Fsp3) is 0.333. The molecule has 0 heterocycles. The van der Waals surface area contributed by atoms with Crippen LogP contribution in [0.1, 0.15) is 19.4 Å². The summed E-state index contributed by atoms with van der Waals surface area (Å²) in [7, 11) is 0. The molecule has 0 bridgehead atoms. The molecule has 1 radical (unpaired) electrons. The number of hydrogen-bond donors (Lipinski definition) is 0. The molecule has 1 aromatic carbocycles. The first kappa shape index (κ1) is 13.0. The van der Waals surface area contributed by atoms with E-state index in [1.807, 2.05) is 45.0 Å². The van der Waals surface area contributed by atoms with Crippen LogP contribution in [0.2, 0.25) is 0 Å². The third kappa shape index (κ3) is 6.44. The summed E-state index contributed by atoms with van der Waals surface area (Å²) in [4.78, 5) is 0. The molecule has 0 aliphatic heterocycles. The number of hydrogen-bond acceptors (Lipinski definition) is 0. The molecule has 1 heteroatoms. The zero-order valence-corrected chi connectivity index (χ0v) is 9.73. The van der Waals surface area contributed by atoms with Crippen molar-refractivity contribution in [1.82, 2.24) is 0 Å². The predicted molar refractivity (Wildman–Crippen MR) is 41.4 cm³/mol. The van der Waals surface area contributed by atoms with Crippen molar-refractivity contribution < 1.29 is 32.7 Å². The summed E-state index contributed by atoms with van der Waals surface area (Å²) >= 11 is 0. The van der Waals surface area contributed by atoms with Crippen molar-refractivity contribution in [3.63, 3.8) is 0 Å². The van der Waals surface area contributed by atoms with Crippen molar-refractivity contribution in [2.75, 3.05) is 0 Å². The van der Waals surface area contributed by atoms with Gasteiger partial charge in [0.15, 0.2) is 0 Å². The summed E-state index contributed by atoms with van der Waals surface area (Å²) in [5, 5.41) is 0. The molecule has 0 aromatic heterocycles. The van der Waals surface area contributed by atoms with E-state index in [-0.39, 0.29) is 32.7 Å². The fourth-order valence-corrected chi connectivity index (χ4v) is 0.483. The minimum Gasteiger partial charge on any atom is -0.181 e. The second kappa shape index (κ2) is 9.32. The summed E-state index contributed by atoms with van der Waals surface area (Å²) in [6, 6.07) is 10.9. The Morgan fingerprint density at radius 3 is 2.00 bits per heavy atom. The van der Waals surface area contributed by atoms with Gasteiger partial charge >= 0.3 is 0 Å². The van der Waals surface area contributed by atoms with Gasteiger partial charge < -0.3 is 0 Å². The Hall–Kier alpha value is 0.324. The Morgan fingerprint density at radius 1 is 1.20 bits per heavy atom. The minimum atomic E-state index is 0. The van der Waals surface area contributed by atoms with Crippen LogP contribution in [0.5, 0.6) is 0 Å². The van der Waals surface area contributed by atoms with Gasteiger partial charge in [0, 0.05) is 32.7 Å².